The minimum absolute atomic E-state index is 0.591. The van der Waals surface area contributed by atoms with Gasteiger partial charge in [0.15, 0.2) is 5.96 Å². The molecule has 0 spiro atoms. The molecule has 2 rings (SSSR count). The predicted molar refractivity (Wildman–Crippen MR) is 98.6 cm³/mol. The fourth-order valence-electron chi connectivity index (χ4n) is 2.14. The summed E-state index contributed by atoms with van der Waals surface area (Å²) in [5, 5.41) is 6.52. The molecule has 2 N–H and O–H groups in total. The summed E-state index contributed by atoms with van der Waals surface area (Å²) in [6.45, 7) is 6.94. The second-order valence-electron chi connectivity index (χ2n) is 5.42. The molecule has 1 heterocycles. The topological polar surface area (TPSA) is 58.5 Å². The van der Waals surface area contributed by atoms with Crippen molar-refractivity contribution in [1.29, 1.82) is 0 Å². The number of aromatic nitrogens is 1. The van der Waals surface area contributed by atoms with E-state index in [0.717, 1.165) is 30.4 Å². The Morgan fingerprint density at radius 2 is 1.96 bits per heavy atom. The Morgan fingerprint density at radius 1 is 1.12 bits per heavy atom. The van der Waals surface area contributed by atoms with E-state index in [2.05, 4.69) is 34.5 Å². The van der Waals surface area contributed by atoms with Crippen LogP contribution < -0.4 is 15.4 Å². The lowest BCUT2D eigenvalue weighted by Crippen LogP contribution is -2.39. The molecule has 128 valence electrons. The average Bonchev–Trinajstić information content (AvgIpc) is 2.61. The number of guanidine groups is 1. The molecule has 1 aromatic carbocycles. The zero-order chi connectivity index (χ0) is 17.0. The third-order valence-corrected chi connectivity index (χ3v) is 3.39. The summed E-state index contributed by atoms with van der Waals surface area (Å²) in [6, 6.07) is 14.0. The number of rotatable bonds is 8. The Balaban J connectivity index is 1.71. The molecule has 0 aliphatic heterocycles. The maximum atomic E-state index is 5.71. The number of aryl methyl sites for hydroxylation is 1. The van der Waals surface area contributed by atoms with E-state index in [1.165, 1.54) is 5.56 Å². The summed E-state index contributed by atoms with van der Waals surface area (Å²) in [4.78, 5) is 8.87. The van der Waals surface area contributed by atoms with Crippen molar-refractivity contribution < 1.29 is 4.74 Å². The molecule has 0 unspecified atom stereocenters. The lowest BCUT2D eigenvalue weighted by molar-refractivity contribution is 0.322. The lowest BCUT2D eigenvalue weighted by Gasteiger charge is -2.12. The van der Waals surface area contributed by atoms with E-state index in [1.807, 2.05) is 48.7 Å². The molecule has 0 amide bonds. The largest absolute Gasteiger partial charge is 0.492 e. The molecule has 24 heavy (non-hydrogen) atoms. The van der Waals surface area contributed by atoms with Crippen molar-refractivity contribution in [2.24, 2.45) is 4.99 Å². The van der Waals surface area contributed by atoms with Crippen LogP contribution in [0.25, 0.3) is 0 Å². The number of hydrogen-bond donors (Lipinski definition) is 2. The number of ether oxygens (including phenoxy) is 1. The summed E-state index contributed by atoms with van der Waals surface area (Å²) < 4.78 is 5.71. The molecule has 2 aromatic rings. The van der Waals surface area contributed by atoms with Gasteiger partial charge in [-0.1, -0.05) is 23.8 Å². The first kappa shape index (κ1) is 17.8. The van der Waals surface area contributed by atoms with Gasteiger partial charge in [-0.3, -0.25) is 9.98 Å². The van der Waals surface area contributed by atoms with Crippen molar-refractivity contribution in [1.82, 2.24) is 15.6 Å². The summed E-state index contributed by atoms with van der Waals surface area (Å²) in [7, 11) is 0. The van der Waals surface area contributed by atoms with Crippen molar-refractivity contribution >= 4 is 5.96 Å². The summed E-state index contributed by atoms with van der Waals surface area (Å²) in [5.74, 6) is 1.69. The number of nitrogens with zero attached hydrogens (tertiary/aromatic N) is 2. The van der Waals surface area contributed by atoms with Gasteiger partial charge in [0.2, 0.25) is 0 Å². The van der Waals surface area contributed by atoms with Gasteiger partial charge in [-0.2, -0.15) is 0 Å². The maximum Gasteiger partial charge on any atom is 0.191 e. The molecule has 0 radical (unpaired) electrons. The molecule has 5 nitrogen and oxygen atoms in total. The molecule has 0 saturated carbocycles. The minimum atomic E-state index is 0.591. The van der Waals surface area contributed by atoms with Crippen molar-refractivity contribution in [2.75, 3.05) is 26.2 Å². The van der Waals surface area contributed by atoms with Gasteiger partial charge in [-0.05, 0) is 38.1 Å². The summed E-state index contributed by atoms with van der Waals surface area (Å²) >= 11 is 0. The van der Waals surface area contributed by atoms with Crippen LogP contribution in [0.4, 0.5) is 0 Å². The van der Waals surface area contributed by atoms with Gasteiger partial charge in [0, 0.05) is 31.4 Å². The quantitative estimate of drug-likeness (QED) is 0.445. The van der Waals surface area contributed by atoms with Crippen LogP contribution in [0.5, 0.6) is 5.75 Å². The van der Waals surface area contributed by atoms with Gasteiger partial charge in [0.1, 0.15) is 12.4 Å². The fourth-order valence-corrected chi connectivity index (χ4v) is 2.14. The van der Waals surface area contributed by atoms with Crippen LogP contribution in [0.3, 0.4) is 0 Å². The smallest absolute Gasteiger partial charge is 0.191 e. The third-order valence-electron chi connectivity index (χ3n) is 3.39. The van der Waals surface area contributed by atoms with Crippen LogP contribution in [0.2, 0.25) is 0 Å². The summed E-state index contributed by atoms with van der Waals surface area (Å²) in [5.41, 5.74) is 2.29. The van der Waals surface area contributed by atoms with E-state index >= 15 is 0 Å². The van der Waals surface area contributed by atoms with E-state index in [1.54, 1.807) is 0 Å². The molecule has 0 fully saturated rings. The molecule has 0 aliphatic rings. The standard InChI is InChI=1S/C19H26N4O/c1-3-20-19(22-13-11-17-6-4-5-12-21-17)23-14-15-24-18-9-7-16(2)8-10-18/h4-10,12H,3,11,13-15H2,1-2H3,(H2,20,22,23). The molecule has 1 aromatic heterocycles. The van der Waals surface area contributed by atoms with Crippen molar-refractivity contribution in [3.8, 4) is 5.75 Å². The highest BCUT2D eigenvalue weighted by Crippen LogP contribution is 2.10. The Hall–Kier alpha value is -2.56. The van der Waals surface area contributed by atoms with Crippen LogP contribution in [0.1, 0.15) is 18.2 Å². The van der Waals surface area contributed by atoms with Crippen LogP contribution in [0.15, 0.2) is 53.7 Å². The minimum Gasteiger partial charge on any atom is -0.492 e. The first-order chi connectivity index (χ1) is 11.8. The number of pyridine rings is 1. The van der Waals surface area contributed by atoms with Crippen molar-refractivity contribution in [3.05, 3.63) is 59.9 Å². The fraction of sp³-hybridized carbons (Fsp3) is 0.368. The Bertz CT molecular complexity index is 611. The van der Waals surface area contributed by atoms with Gasteiger partial charge in [-0.15, -0.1) is 0 Å². The highest BCUT2D eigenvalue weighted by atomic mass is 16.5. The molecule has 5 heteroatoms. The Morgan fingerprint density at radius 3 is 2.67 bits per heavy atom. The molecule has 0 bridgehead atoms. The van der Waals surface area contributed by atoms with Crippen molar-refractivity contribution in [3.63, 3.8) is 0 Å². The lowest BCUT2D eigenvalue weighted by atomic mass is 10.2. The number of aliphatic imine (C=N–C) groups is 1. The van der Waals surface area contributed by atoms with Crippen molar-refractivity contribution in [2.45, 2.75) is 20.3 Å². The van der Waals surface area contributed by atoms with E-state index in [9.17, 15) is 0 Å². The maximum absolute atomic E-state index is 5.71. The first-order valence-corrected chi connectivity index (χ1v) is 8.39. The van der Waals surface area contributed by atoms with Gasteiger partial charge in [0.25, 0.3) is 0 Å². The van der Waals surface area contributed by atoms with Crippen LogP contribution in [-0.4, -0.2) is 37.2 Å². The highest BCUT2D eigenvalue weighted by molar-refractivity contribution is 5.79. The molecular weight excluding hydrogens is 300 g/mol. The second-order valence-corrected chi connectivity index (χ2v) is 5.42. The van der Waals surface area contributed by atoms with Crippen LogP contribution >= 0.6 is 0 Å². The normalized spacial score (nSPS) is 11.2. The van der Waals surface area contributed by atoms with Crippen LogP contribution in [-0.2, 0) is 6.42 Å². The molecule has 0 saturated heterocycles. The monoisotopic (exact) mass is 326 g/mol. The Labute approximate surface area is 144 Å². The second kappa shape index (κ2) is 10.3. The van der Waals surface area contributed by atoms with E-state index < -0.39 is 0 Å². The molecule has 0 atom stereocenters. The SMILES string of the molecule is CCNC(=NCCc1ccccn1)NCCOc1ccc(C)cc1. The molecular formula is C19H26N4O. The molecule has 0 aliphatic carbocycles. The average molecular weight is 326 g/mol. The van der Waals surface area contributed by atoms with Gasteiger partial charge in [-0.25, -0.2) is 0 Å². The van der Waals surface area contributed by atoms with Gasteiger partial charge >= 0.3 is 0 Å². The Kier molecular flexibility index (Phi) is 7.60. The number of hydrogen-bond acceptors (Lipinski definition) is 3. The number of nitrogens with one attached hydrogen (secondary N) is 2. The van der Waals surface area contributed by atoms with E-state index in [-0.39, 0.29) is 0 Å². The predicted octanol–water partition coefficient (Wildman–Crippen LogP) is 2.57. The summed E-state index contributed by atoms with van der Waals surface area (Å²) in [6.07, 6.45) is 2.64. The van der Waals surface area contributed by atoms with E-state index in [0.29, 0.717) is 19.7 Å². The zero-order valence-corrected chi connectivity index (χ0v) is 14.5. The van der Waals surface area contributed by atoms with Gasteiger partial charge < -0.3 is 15.4 Å². The zero-order valence-electron chi connectivity index (χ0n) is 14.5. The first-order valence-electron chi connectivity index (χ1n) is 8.39. The van der Waals surface area contributed by atoms with E-state index in [4.69, 9.17) is 4.74 Å². The third kappa shape index (κ3) is 6.69. The highest BCUT2D eigenvalue weighted by Gasteiger charge is 1.98. The van der Waals surface area contributed by atoms with Crippen LogP contribution in [0, 0.1) is 6.92 Å². The number of benzene rings is 1. The van der Waals surface area contributed by atoms with Gasteiger partial charge in [0.05, 0.1) is 6.54 Å².